The third kappa shape index (κ3) is 4.53. The standard InChI is InChI=1S/C19H37N5O2.HI/c1-8-21-16(22-14-13-19(6,26-7)17(14,2)3)23-9-11-24(12-10-23)18(4,5)15(20)25;/h14H,8-13H2,1-7H3,(H2,20,25)(H,21,22);1H. The minimum absolute atomic E-state index is 0. The van der Waals surface area contributed by atoms with E-state index >= 15 is 0 Å². The minimum Gasteiger partial charge on any atom is -0.378 e. The second-order valence-corrected chi connectivity index (χ2v) is 8.75. The minimum atomic E-state index is -0.613. The molecule has 2 rings (SSSR count). The number of ether oxygens (including phenoxy) is 1. The highest BCUT2D eigenvalue weighted by Crippen LogP contribution is 2.51. The molecule has 0 aromatic heterocycles. The van der Waals surface area contributed by atoms with Crippen LogP contribution in [-0.4, -0.2) is 78.7 Å². The summed E-state index contributed by atoms with van der Waals surface area (Å²) in [6, 6.07) is 0.331. The Hall–Kier alpha value is -0.610. The molecule has 0 aromatic carbocycles. The molecule has 2 aliphatic rings. The van der Waals surface area contributed by atoms with Crippen LogP contribution in [0.25, 0.3) is 0 Å². The molecular weight excluding hydrogens is 457 g/mol. The highest BCUT2D eigenvalue weighted by molar-refractivity contribution is 14.0. The zero-order chi connectivity index (χ0) is 19.8. The number of halogens is 1. The lowest BCUT2D eigenvalue weighted by Gasteiger charge is -2.59. The molecule has 3 N–H and O–H groups in total. The van der Waals surface area contributed by atoms with Crippen LogP contribution in [0.5, 0.6) is 0 Å². The summed E-state index contributed by atoms with van der Waals surface area (Å²) < 4.78 is 5.74. The van der Waals surface area contributed by atoms with Crippen molar-refractivity contribution in [1.29, 1.82) is 0 Å². The Morgan fingerprint density at radius 3 is 2.22 bits per heavy atom. The fourth-order valence-corrected chi connectivity index (χ4v) is 3.90. The Kier molecular flexibility index (Phi) is 7.98. The van der Waals surface area contributed by atoms with Gasteiger partial charge in [0.25, 0.3) is 0 Å². The SMILES string of the molecule is CCN=C(NC1CC(C)(OC)C1(C)C)N1CCN(C(C)(C)C(N)=O)CC1.I. The van der Waals surface area contributed by atoms with Gasteiger partial charge in [-0.1, -0.05) is 13.8 Å². The van der Waals surface area contributed by atoms with Crippen LogP contribution in [-0.2, 0) is 9.53 Å². The molecule has 158 valence electrons. The lowest BCUT2D eigenvalue weighted by molar-refractivity contribution is -0.177. The van der Waals surface area contributed by atoms with Crippen molar-refractivity contribution in [2.24, 2.45) is 16.1 Å². The maximum atomic E-state index is 11.7. The van der Waals surface area contributed by atoms with Crippen molar-refractivity contribution in [3.63, 3.8) is 0 Å². The number of methoxy groups -OCH3 is 1. The van der Waals surface area contributed by atoms with Crippen molar-refractivity contribution in [3.8, 4) is 0 Å². The second-order valence-electron chi connectivity index (χ2n) is 8.75. The molecule has 2 unspecified atom stereocenters. The number of nitrogens with two attached hydrogens (primary N) is 1. The lowest BCUT2D eigenvalue weighted by atomic mass is 9.56. The van der Waals surface area contributed by atoms with Gasteiger partial charge in [-0.3, -0.25) is 14.7 Å². The average molecular weight is 495 g/mol. The molecule has 0 bridgehead atoms. The van der Waals surface area contributed by atoms with E-state index in [-0.39, 0.29) is 40.9 Å². The van der Waals surface area contributed by atoms with E-state index in [2.05, 4.69) is 42.8 Å². The summed E-state index contributed by atoms with van der Waals surface area (Å²) in [7, 11) is 1.79. The van der Waals surface area contributed by atoms with E-state index in [9.17, 15) is 4.79 Å². The van der Waals surface area contributed by atoms with Gasteiger partial charge < -0.3 is 20.7 Å². The van der Waals surface area contributed by atoms with E-state index in [0.717, 1.165) is 45.1 Å². The van der Waals surface area contributed by atoms with Crippen molar-refractivity contribution < 1.29 is 9.53 Å². The molecule has 1 heterocycles. The number of piperazine rings is 1. The summed E-state index contributed by atoms with van der Waals surface area (Å²) in [6.07, 6.45) is 0.966. The highest BCUT2D eigenvalue weighted by Gasteiger charge is 2.58. The quantitative estimate of drug-likeness (QED) is 0.345. The maximum absolute atomic E-state index is 11.7. The molecule has 8 heteroatoms. The number of hydrogen-bond acceptors (Lipinski definition) is 4. The fraction of sp³-hybridized carbons (Fsp3) is 0.895. The molecule has 1 saturated heterocycles. The van der Waals surface area contributed by atoms with Gasteiger partial charge in [0.1, 0.15) is 0 Å². The highest BCUT2D eigenvalue weighted by atomic mass is 127. The van der Waals surface area contributed by atoms with Crippen molar-refractivity contribution in [2.75, 3.05) is 39.8 Å². The maximum Gasteiger partial charge on any atom is 0.237 e. The Morgan fingerprint density at radius 1 is 1.26 bits per heavy atom. The zero-order valence-corrected chi connectivity index (χ0v) is 20.3. The van der Waals surface area contributed by atoms with E-state index in [1.807, 2.05) is 13.8 Å². The van der Waals surface area contributed by atoms with E-state index in [1.54, 1.807) is 7.11 Å². The van der Waals surface area contributed by atoms with Crippen LogP contribution < -0.4 is 11.1 Å². The number of carbonyl (C=O) groups excluding carboxylic acids is 1. The average Bonchev–Trinajstić information content (AvgIpc) is 2.60. The van der Waals surface area contributed by atoms with Crippen molar-refractivity contribution in [1.82, 2.24) is 15.1 Å². The van der Waals surface area contributed by atoms with Gasteiger partial charge in [0.05, 0.1) is 11.1 Å². The van der Waals surface area contributed by atoms with E-state index in [4.69, 9.17) is 15.5 Å². The Balaban J connectivity index is 0.00000364. The zero-order valence-electron chi connectivity index (χ0n) is 18.0. The van der Waals surface area contributed by atoms with Gasteiger partial charge in [0, 0.05) is 51.3 Å². The summed E-state index contributed by atoms with van der Waals surface area (Å²) in [5.74, 6) is 0.682. The Labute approximate surface area is 181 Å². The monoisotopic (exact) mass is 495 g/mol. The first-order valence-electron chi connectivity index (χ1n) is 9.65. The number of rotatable bonds is 5. The smallest absolute Gasteiger partial charge is 0.237 e. The molecule has 7 nitrogen and oxygen atoms in total. The summed E-state index contributed by atoms with van der Waals surface area (Å²) >= 11 is 0. The summed E-state index contributed by atoms with van der Waals surface area (Å²) in [4.78, 5) is 20.9. The van der Waals surface area contributed by atoms with Gasteiger partial charge in [-0.15, -0.1) is 24.0 Å². The first-order valence-corrected chi connectivity index (χ1v) is 9.65. The van der Waals surface area contributed by atoms with Crippen LogP contribution in [0.2, 0.25) is 0 Å². The summed E-state index contributed by atoms with van der Waals surface area (Å²) in [5, 5.41) is 3.67. The Bertz CT molecular complexity index is 558. The third-order valence-corrected chi connectivity index (χ3v) is 6.86. The molecule has 0 spiro atoms. The van der Waals surface area contributed by atoms with Gasteiger partial charge in [-0.05, 0) is 34.1 Å². The number of carbonyl (C=O) groups is 1. The van der Waals surface area contributed by atoms with Gasteiger partial charge in [0.15, 0.2) is 5.96 Å². The van der Waals surface area contributed by atoms with Crippen molar-refractivity contribution >= 4 is 35.8 Å². The molecule has 0 aromatic rings. The van der Waals surface area contributed by atoms with Gasteiger partial charge in [-0.2, -0.15) is 0 Å². The number of guanidine groups is 1. The lowest BCUT2D eigenvalue weighted by Crippen LogP contribution is -2.70. The molecule has 1 amide bonds. The predicted octanol–water partition coefficient (Wildman–Crippen LogP) is 1.66. The topological polar surface area (TPSA) is 83.2 Å². The van der Waals surface area contributed by atoms with Crippen LogP contribution in [0.4, 0.5) is 0 Å². The first kappa shape index (κ1) is 24.4. The molecule has 1 aliphatic heterocycles. The van der Waals surface area contributed by atoms with Gasteiger partial charge in [0.2, 0.25) is 5.91 Å². The predicted molar refractivity (Wildman–Crippen MR) is 121 cm³/mol. The molecule has 1 saturated carbocycles. The fourth-order valence-electron chi connectivity index (χ4n) is 3.90. The molecule has 2 atom stereocenters. The van der Waals surface area contributed by atoms with Gasteiger partial charge in [-0.25, -0.2) is 0 Å². The van der Waals surface area contributed by atoms with Crippen LogP contribution in [0.15, 0.2) is 4.99 Å². The largest absolute Gasteiger partial charge is 0.378 e. The van der Waals surface area contributed by atoms with E-state index in [0.29, 0.717) is 6.04 Å². The number of nitrogens with zero attached hydrogens (tertiary/aromatic N) is 3. The summed E-state index contributed by atoms with van der Waals surface area (Å²) in [6.45, 7) is 16.5. The normalized spacial score (nSPS) is 28.9. The van der Waals surface area contributed by atoms with E-state index in [1.165, 1.54) is 0 Å². The van der Waals surface area contributed by atoms with Crippen molar-refractivity contribution in [3.05, 3.63) is 0 Å². The van der Waals surface area contributed by atoms with Crippen LogP contribution in [0.3, 0.4) is 0 Å². The van der Waals surface area contributed by atoms with Crippen LogP contribution >= 0.6 is 24.0 Å². The van der Waals surface area contributed by atoms with Gasteiger partial charge >= 0.3 is 0 Å². The molecular formula is C19H38IN5O2. The number of primary amides is 1. The Morgan fingerprint density at radius 2 is 1.81 bits per heavy atom. The number of hydrogen-bond donors (Lipinski definition) is 2. The van der Waals surface area contributed by atoms with Crippen LogP contribution in [0.1, 0.15) is 48.0 Å². The number of nitrogens with one attached hydrogen (secondary N) is 1. The molecule has 2 fully saturated rings. The first-order chi connectivity index (χ1) is 12.0. The molecule has 1 aliphatic carbocycles. The third-order valence-electron chi connectivity index (χ3n) is 6.86. The second kappa shape index (κ2) is 8.82. The van der Waals surface area contributed by atoms with E-state index < -0.39 is 5.54 Å². The summed E-state index contributed by atoms with van der Waals surface area (Å²) in [5.41, 5.74) is 4.88. The van der Waals surface area contributed by atoms with Crippen molar-refractivity contribution in [2.45, 2.75) is 65.1 Å². The molecule has 27 heavy (non-hydrogen) atoms. The number of aliphatic imine (C=N–C) groups is 1. The van der Waals surface area contributed by atoms with Crippen LogP contribution in [0, 0.1) is 5.41 Å². The molecule has 0 radical (unpaired) electrons. The number of amides is 1.